The molecule has 0 saturated carbocycles. The van der Waals surface area contributed by atoms with Crippen LogP contribution in [-0.2, 0) is 0 Å². The summed E-state index contributed by atoms with van der Waals surface area (Å²) in [5.74, 6) is 1.60. The van der Waals surface area contributed by atoms with Crippen molar-refractivity contribution in [3.63, 3.8) is 0 Å². The Morgan fingerprint density at radius 3 is 2.63 bits per heavy atom. The van der Waals surface area contributed by atoms with E-state index < -0.39 is 0 Å². The first-order chi connectivity index (χ1) is 9.11. The van der Waals surface area contributed by atoms with Gasteiger partial charge in [0.05, 0.1) is 0 Å². The quantitative estimate of drug-likeness (QED) is 0.912. The Balaban J connectivity index is 2.44. The zero-order valence-corrected chi connectivity index (χ0v) is 12.0. The maximum atomic E-state index is 4.60. The van der Waals surface area contributed by atoms with Crippen molar-refractivity contribution in [2.24, 2.45) is 0 Å². The van der Waals surface area contributed by atoms with Gasteiger partial charge < -0.3 is 5.32 Å². The Morgan fingerprint density at radius 1 is 1.16 bits per heavy atom. The van der Waals surface area contributed by atoms with Gasteiger partial charge in [-0.05, 0) is 44.9 Å². The fourth-order valence-corrected chi connectivity index (χ4v) is 1.82. The molecule has 1 N–H and O–H groups in total. The molecule has 2 heterocycles. The average Bonchev–Trinajstić information content (AvgIpc) is 2.40. The van der Waals surface area contributed by atoms with Gasteiger partial charge in [-0.3, -0.25) is 4.98 Å². The number of aromatic nitrogens is 3. The van der Waals surface area contributed by atoms with Crippen molar-refractivity contribution in [2.75, 3.05) is 11.9 Å². The van der Waals surface area contributed by atoms with E-state index in [9.17, 15) is 0 Å². The van der Waals surface area contributed by atoms with Gasteiger partial charge in [0.1, 0.15) is 11.5 Å². The van der Waals surface area contributed by atoms with Crippen LogP contribution >= 0.6 is 0 Å². The normalized spacial score (nSPS) is 10.5. The standard InChI is InChI=1S/C15H20N4/c1-5-7-17-14-11(3)12(4)18-15(19-14)13-9-10(2)6-8-16-13/h6,8-9H,5,7H2,1-4H3,(H,17,18,19). The summed E-state index contributed by atoms with van der Waals surface area (Å²) in [6.07, 6.45) is 2.86. The highest BCUT2D eigenvalue weighted by Gasteiger charge is 2.10. The molecular formula is C15H20N4. The lowest BCUT2D eigenvalue weighted by atomic mass is 10.2. The predicted molar refractivity (Wildman–Crippen MR) is 78.3 cm³/mol. The molecule has 4 heteroatoms. The Kier molecular flexibility index (Phi) is 4.10. The summed E-state index contributed by atoms with van der Waals surface area (Å²) in [6.45, 7) is 9.15. The van der Waals surface area contributed by atoms with Crippen LogP contribution in [-0.4, -0.2) is 21.5 Å². The summed E-state index contributed by atoms with van der Waals surface area (Å²) in [7, 11) is 0. The number of pyridine rings is 1. The molecule has 2 aromatic rings. The Labute approximate surface area is 114 Å². The van der Waals surface area contributed by atoms with E-state index in [4.69, 9.17) is 0 Å². The molecule has 4 nitrogen and oxygen atoms in total. The molecule has 0 fully saturated rings. The minimum atomic E-state index is 0.686. The number of hydrogen-bond acceptors (Lipinski definition) is 4. The van der Waals surface area contributed by atoms with E-state index in [1.165, 1.54) is 0 Å². The average molecular weight is 256 g/mol. The molecule has 0 amide bonds. The molecule has 19 heavy (non-hydrogen) atoms. The van der Waals surface area contributed by atoms with Crippen molar-refractivity contribution < 1.29 is 0 Å². The SMILES string of the molecule is CCCNc1nc(-c2cc(C)ccn2)nc(C)c1C. The Bertz CT molecular complexity index is 578. The molecule has 0 aliphatic carbocycles. The number of nitrogens with zero attached hydrogens (tertiary/aromatic N) is 3. The maximum absolute atomic E-state index is 4.60. The summed E-state index contributed by atoms with van der Waals surface area (Å²) < 4.78 is 0. The highest BCUT2D eigenvalue weighted by atomic mass is 15.0. The minimum Gasteiger partial charge on any atom is -0.370 e. The molecule has 0 spiro atoms. The lowest BCUT2D eigenvalue weighted by molar-refractivity contribution is 0.953. The van der Waals surface area contributed by atoms with E-state index in [-0.39, 0.29) is 0 Å². The van der Waals surface area contributed by atoms with Crippen molar-refractivity contribution in [2.45, 2.75) is 34.1 Å². The first-order valence-corrected chi connectivity index (χ1v) is 6.64. The number of rotatable bonds is 4. The van der Waals surface area contributed by atoms with Gasteiger partial charge in [0.25, 0.3) is 0 Å². The van der Waals surface area contributed by atoms with E-state index in [0.717, 1.165) is 41.3 Å². The van der Waals surface area contributed by atoms with Gasteiger partial charge in [-0.1, -0.05) is 6.92 Å². The number of anilines is 1. The van der Waals surface area contributed by atoms with Crippen LogP contribution in [0.2, 0.25) is 0 Å². The molecule has 0 aromatic carbocycles. The van der Waals surface area contributed by atoms with Crippen LogP contribution in [0.1, 0.15) is 30.2 Å². The van der Waals surface area contributed by atoms with Gasteiger partial charge in [0.15, 0.2) is 5.82 Å². The van der Waals surface area contributed by atoms with Crippen LogP contribution < -0.4 is 5.32 Å². The molecule has 0 atom stereocenters. The van der Waals surface area contributed by atoms with Crippen molar-refractivity contribution in [1.29, 1.82) is 0 Å². The van der Waals surface area contributed by atoms with Crippen molar-refractivity contribution >= 4 is 5.82 Å². The molecule has 0 unspecified atom stereocenters. The first kappa shape index (κ1) is 13.5. The van der Waals surface area contributed by atoms with Crippen LogP contribution in [0.5, 0.6) is 0 Å². The number of nitrogens with one attached hydrogen (secondary N) is 1. The molecule has 0 radical (unpaired) electrons. The van der Waals surface area contributed by atoms with Crippen LogP contribution in [0, 0.1) is 20.8 Å². The third-order valence-electron chi connectivity index (χ3n) is 3.08. The van der Waals surface area contributed by atoms with Crippen LogP contribution in [0.15, 0.2) is 18.3 Å². The van der Waals surface area contributed by atoms with Gasteiger partial charge in [-0.25, -0.2) is 9.97 Å². The largest absolute Gasteiger partial charge is 0.370 e. The van der Waals surface area contributed by atoms with Gasteiger partial charge in [0, 0.05) is 24.0 Å². The number of aryl methyl sites for hydroxylation is 2. The van der Waals surface area contributed by atoms with Crippen LogP contribution in [0.3, 0.4) is 0 Å². The zero-order chi connectivity index (χ0) is 13.8. The van der Waals surface area contributed by atoms with E-state index in [0.29, 0.717) is 5.82 Å². The minimum absolute atomic E-state index is 0.686. The highest BCUT2D eigenvalue weighted by Crippen LogP contribution is 2.20. The summed E-state index contributed by atoms with van der Waals surface area (Å²) in [6, 6.07) is 3.98. The number of hydrogen-bond donors (Lipinski definition) is 1. The lowest BCUT2D eigenvalue weighted by Gasteiger charge is -2.11. The topological polar surface area (TPSA) is 50.7 Å². The van der Waals surface area contributed by atoms with Gasteiger partial charge in [-0.2, -0.15) is 0 Å². The second-order valence-electron chi connectivity index (χ2n) is 4.75. The Morgan fingerprint density at radius 2 is 1.95 bits per heavy atom. The summed E-state index contributed by atoms with van der Waals surface area (Å²) in [5, 5.41) is 3.35. The van der Waals surface area contributed by atoms with Crippen molar-refractivity contribution in [3.8, 4) is 11.5 Å². The second kappa shape index (κ2) is 5.78. The highest BCUT2D eigenvalue weighted by molar-refractivity contribution is 5.56. The summed E-state index contributed by atoms with van der Waals surface area (Å²) in [5.41, 5.74) is 4.08. The molecular weight excluding hydrogens is 236 g/mol. The lowest BCUT2D eigenvalue weighted by Crippen LogP contribution is -2.08. The molecule has 2 rings (SSSR count). The molecule has 2 aromatic heterocycles. The molecule has 0 saturated heterocycles. The van der Waals surface area contributed by atoms with Crippen molar-refractivity contribution in [1.82, 2.24) is 15.0 Å². The predicted octanol–water partition coefficient (Wildman–Crippen LogP) is 3.29. The third kappa shape index (κ3) is 3.08. The monoisotopic (exact) mass is 256 g/mol. The molecule has 0 aliphatic rings. The molecule has 0 aliphatic heterocycles. The van der Waals surface area contributed by atoms with E-state index in [1.54, 1.807) is 6.20 Å². The Hall–Kier alpha value is -1.97. The fraction of sp³-hybridized carbons (Fsp3) is 0.400. The van der Waals surface area contributed by atoms with Gasteiger partial charge in [-0.15, -0.1) is 0 Å². The smallest absolute Gasteiger partial charge is 0.180 e. The van der Waals surface area contributed by atoms with Crippen LogP contribution in [0.25, 0.3) is 11.5 Å². The van der Waals surface area contributed by atoms with Gasteiger partial charge in [0.2, 0.25) is 0 Å². The fourth-order valence-electron chi connectivity index (χ4n) is 1.82. The molecule has 0 bridgehead atoms. The van der Waals surface area contributed by atoms with E-state index in [2.05, 4.69) is 27.2 Å². The zero-order valence-electron chi connectivity index (χ0n) is 12.0. The summed E-state index contributed by atoms with van der Waals surface area (Å²) >= 11 is 0. The van der Waals surface area contributed by atoms with Gasteiger partial charge >= 0.3 is 0 Å². The third-order valence-corrected chi connectivity index (χ3v) is 3.08. The van der Waals surface area contributed by atoms with E-state index in [1.807, 2.05) is 32.9 Å². The second-order valence-corrected chi connectivity index (χ2v) is 4.75. The maximum Gasteiger partial charge on any atom is 0.180 e. The summed E-state index contributed by atoms with van der Waals surface area (Å²) in [4.78, 5) is 13.5. The van der Waals surface area contributed by atoms with Crippen molar-refractivity contribution in [3.05, 3.63) is 35.2 Å². The molecule has 100 valence electrons. The van der Waals surface area contributed by atoms with Crippen LogP contribution in [0.4, 0.5) is 5.82 Å². The van der Waals surface area contributed by atoms with E-state index >= 15 is 0 Å². The first-order valence-electron chi connectivity index (χ1n) is 6.64.